The molecule has 1 aromatic rings. The Balaban J connectivity index is 2.46. The highest BCUT2D eigenvalue weighted by Crippen LogP contribution is 2.13. The lowest BCUT2D eigenvalue weighted by molar-refractivity contribution is 0.251. The smallest absolute Gasteiger partial charge is 0.0679 e. The van der Waals surface area contributed by atoms with Crippen molar-refractivity contribution in [3.05, 3.63) is 35.4 Å². The molecule has 0 aromatic heterocycles. The Labute approximate surface area is 94.5 Å². The van der Waals surface area contributed by atoms with E-state index in [1.54, 1.807) is 0 Å². The van der Waals surface area contributed by atoms with Crippen molar-refractivity contribution in [2.75, 3.05) is 6.61 Å². The van der Waals surface area contributed by atoms with Gasteiger partial charge in [-0.25, -0.2) is 0 Å². The molecule has 0 spiro atoms. The molecule has 2 atom stereocenters. The Morgan fingerprint density at radius 3 is 2.47 bits per heavy atom. The van der Waals surface area contributed by atoms with Crippen molar-refractivity contribution in [1.29, 1.82) is 0 Å². The third-order valence-corrected chi connectivity index (χ3v) is 2.69. The van der Waals surface area contributed by atoms with Crippen molar-refractivity contribution in [3.8, 4) is 0 Å². The zero-order valence-corrected chi connectivity index (χ0v) is 10.6. The Bertz CT molecular complexity index is 295. The maximum Gasteiger partial charge on any atom is 0.0679 e. The minimum absolute atomic E-state index is 0.243. The van der Waals surface area contributed by atoms with Crippen molar-refractivity contribution in [3.63, 3.8) is 0 Å². The third kappa shape index (κ3) is 4.74. The van der Waals surface area contributed by atoms with Crippen LogP contribution in [0.4, 0.5) is 0 Å². The van der Waals surface area contributed by atoms with Gasteiger partial charge in [0, 0.05) is 15.0 Å². The standard InChI is InChI=1S/C12H20NOP/c1-10-3-5-11(6-4-10)7-8-12(2,13)9-14-15/h3-6H,7-9,13,15H2,1-2H3. The first-order valence-corrected chi connectivity index (χ1v) is 5.67. The molecule has 3 heteroatoms. The van der Waals surface area contributed by atoms with E-state index >= 15 is 0 Å². The Kier molecular flexibility index (Phi) is 4.72. The first-order chi connectivity index (χ1) is 7.03. The third-order valence-electron chi connectivity index (χ3n) is 2.52. The van der Waals surface area contributed by atoms with Gasteiger partial charge in [-0.2, -0.15) is 0 Å². The predicted octanol–water partition coefficient (Wildman–Crippen LogP) is 2.45. The van der Waals surface area contributed by atoms with E-state index in [1.807, 2.05) is 6.92 Å². The fraction of sp³-hybridized carbons (Fsp3) is 0.500. The normalized spacial score (nSPS) is 14.9. The number of hydrogen-bond donors (Lipinski definition) is 1. The van der Waals surface area contributed by atoms with E-state index in [-0.39, 0.29) is 5.54 Å². The second-order valence-corrected chi connectivity index (χ2v) is 4.78. The van der Waals surface area contributed by atoms with Gasteiger partial charge in [-0.05, 0) is 32.3 Å². The molecule has 0 amide bonds. The molecule has 0 aliphatic carbocycles. The summed E-state index contributed by atoms with van der Waals surface area (Å²) in [5, 5.41) is 0. The number of rotatable bonds is 5. The maximum absolute atomic E-state index is 6.07. The highest BCUT2D eigenvalue weighted by Gasteiger charge is 2.17. The van der Waals surface area contributed by atoms with E-state index in [1.165, 1.54) is 11.1 Å². The maximum atomic E-state index is 6.07. The van der Waals surface area contributed by atoms with E-state index < -0.39 is 0 Å². The second-order valence-electron chi connectivity index (χ2n) is 4.45. The summed E-state index contributed by atoms with van der Waals surface area (Å²) in [6.45, 7) is 4.69. The molecule has 0 heterocycles. The van der Waals surface area contributed by atoms with Crippen molar-refractivity contribution in [1.82, 2.24) is 0 Å². The van der Waals surface area contributed by atoms with Crippen molar-refractivity contribution in [2.45, 2.75) is 32.2 Å². The van der Waals surface area contributed by atoms with Gasteiger partial charge in [-0.1, -0.05) is 29.8 Å². The molecule has 0 aliphatic rings. The van der Waals surface area contributed by atoms with Gasteiger partial charge in [0.15, 0.2) is 0 Å². The Morgan fingerprint density at radius 1 is 1.33 bits per heavy atom. The molecule has 2 N–H and O–H groups in total. The molecule has 15 heavy (non-hydrogen) atoms. The van der Waals surface area contributed by atoms with Gasteiger partial charge in [0.05, 0.1) is 6.61 Å². The van der Waals surface area contributed by atoms with Crippen LogP contribution < -0.4 is 5.73 Å². The highest BCUT2D eigenvalue weighted by molar-refractivity contribution is 7.09. The van der Waals surface area contributed by atoms with Crippen LogP contribution in [-0.2, 0) is 10.9 Å². The number of aryl methyl sites for hydroxylation is 2. The number of nitrogens with two attached hydrogens (primary N) is 1. The molecule has 0 radical (unpaired) electrons. The van der Waals surface area contributed by atoms with Crippen LogP contribution in [0, 0.1) is 6.92 Å². The fourth-order valence-electron chi connectivity index (χ4n) is 1.45. The molecule has 0 saturated heterocycles. The molecule has 1 aromatic carbocycles. The van der Waals surface area contributed by atoms with E-state index in [0.29, 0.717) is 6.61 Å². The van der Waals surface area contributed by atoms with E-state index in [4.69, 9.17) is 10.3 Å². The highest BCUT2D eigenvalue weighted by atomic mass is 31.0. The average molecular weight is 225 g/mol. The lowest BCUT2D eigenvalue weighted by Crippen LogP contribution is -2.40. The van der Waals surface area contributed by atoms with Crippen molar-refractivity contribution in [2.24, 2.45) is 5.73 Å². The van der Waals surface area contributed by atoms with Crippen LogP contribution in [0.5, 0.6) is 0 Å². The van der Waals surface area contributed by atoms with Gasteiger partial charge in [0.25, 0.3) is 0 Å². The zero-order valence-electron chi connectivity index (χ0n) is 9.49. The minimum atomic E-state index is -0.243. The van der Waals surface area contributed by atoms with Crippen LogP contribution in [0.15, 0.2) is 24.3 Å². The van der Waals surface area contributed by atoms with Crippen LogP contribution in [0.1, 0.15) is 24.5 Å². The van der Waals surface area contributed by atoms with Crippen LogP contribution in [0.2, 0.25) is 0 Å². The quantitative estimate of drug-likeness (QED) is 0.781. The largest absolute Gasteiger partial charge is 0.364 e. The summed E-state index contributed by atoms with van der Waals surface area (Å²) in [5.74, 6) is 0. The monoisotopic (exact) mass is 225 g/mol. The van der Waals surface area contributed by atoms with Crippen molar-refractivity contribution < 1.29 is 4.52 Å². The molecule has 0 saturated carbocycles. The minimum Gasteiger partial charge on any atom is -0.364 e. The van der Waals surface area contributed by atoms with E-state index in [2.05, 4.69) is 40.7 Å². The lowest BCUT2D eigenvalue weighted by atomic mass is 9.95. The fourth-order valence-corrected chi connectivity index (χ4v) is 1.83. The molecule has 84 valence electrons. The summed E-state index contributed by atoms with van der Waals surface area (Å²) in [6, 6.07) is 8.59. The van der Waals surface area contributed by atoms with Gasteiger partial charge < -0.3 is 10.3 Å². The van der Waals surface area contributed by atoms with E-state index in [0.717, 1.165) is 12.8 Å². The summed E-state index contributed by atoms with van der Waals surface area (Å²) < 4.78 is 5.01. The van der Waals surface area contributed by atoms with Gasteiger partial charge in [-0.15, -0.1) is 0 Å². The summed E-state index contributed by atoms with van der Waals surface area (Å²) >= 11 is 0. The van der Waals surface area contributed by atoms with E-state index in [9.17, 15) is 0 Å². The molecule has 2 nitrogen and oxygen atoms in total. The topological polar surface area (TPSA) is 35.2 Å². The Hall–Kier alpha value is -0.430. The molecular formula is C12H20NOP. The van der Waals surface area contributed by atoms with Gasteiger partial charge >= 0.3 is 0 Å². The Morgan fingerprint density at radius 2 is 1.93 bits per heavy atom. The molecule has 0 fully saturated rings. The summed E-state index contributed by atoms with van der Waals surface area (Å²) in [5.41, 5.74) is 8.45. The zero-order chi connectivity index (χ0) is 11.3. The van der Waals surface area contributed by atoms with Crippen LogP contribution >= 0.6 is 9.47 Å². The van der Waals surface area contributed by atoms with Gasteiger partial charge in [-0.3, -0.25) is 0 Å². The molecule has 0 bridgehead atoms. The molecule has 1 rings (SSSR count). The predicted molar refractivity (Wildman–Crippen MR) is 67.8 cm³/mol. The number of hydrogen-bond acceptors (Lipinski definition) is 2. The SMILES string of the molecule is Cc1ccc(CCC(C)(N)COP)cc1. The number of benzene rings is 1. The summed E-state index contributed by atoms with van der Waals surface area (Å²) in [7, 11) is 2.25. The molecule has 0 aliphatic heterocycles. The molecular weight excluding hydrogens is 205 g/mol. The second kappa shape index (κ2) is 5.60. The van der Waals surface area contributed by atoms with Crippen molar-refractivity contribution >= 4 is 9.47 Å². The lowest BCUT2D eigenvalue weighted by Gasteiger charge is -2.23. The van der Waals surface area contributed by atoms with Gasteiger partial charge in [0.1, 0.15) is 0 Å². The average Bonchev–Trinajstić information content (AvgIpc) is 2.17. The van der Waals surface area contributed by atoms with Crippen LogP contribution in [0.3, 0.4) is 0 Å². The first kappa shape index (κ1) is 12.6. The summed E-state index contributed by atoms with van der Waals surface area (Å²) in [6.07, 6.45) is 1.94. The summed E-state index contributed by atoms with van der Waals surface area (Å²) in [4.78, 5) is 0. The van der Waals surface area contributed by atoms with Crippen LogP contribution in [0.25, 0.3) is 0 Å². The van der Waals surface area contributed by atoms with Crippen LogP contribution in [-0.4, -0.2) is 12.1 Å². The molecule has 2 unspecified atom stereocenters. The van der Waals surface area contributed by atoms with Gasteiger partial charge in [0.2, 0.25) is 0 Å². The first-order valence-electron chi connectivity index (χ1n) is 5.20.